The zero-order valence-electron chi connectivity index (χ0n) is 50.9. The number of aromatic nitrogens is 3. The van der Waals surface area contributed by atoms with Crippen LogP contribution in [0.4, 0.5) is 27.3 Å². The Morgan fingerprint density at radius 1 is 0.784 bits per heavy atom. The minimum Gasteiger partial charge on any atom is -0.382 e. The standard InChI is InChI=1S/C65H80FN11O11/c1-39(2)69-60(80)46-36-51(48(66)32-41(46)5)71-59-58-52(68-38-75(58)40(3)4)37-50(70-59)42-12-13-47-54(33-42)76(44-34-43(35-44)73-20-7-6-8-21-73)64(84)65(47)17-22-74(23-18-65)56(79)16-24-85-26-28-87-30-31-88-29-27-86-25-19-67-49-11-9-10-45-57(49)63(83)77(62(45)82)53-14-15-55(78)72-61(53)81/h9-13,32-33,36-40,43-44,53,67H,6-8,14-31,34-35H2,1-5H3,(H,69,80)(H,70,71)(H,72,78,81)/t43-,44+,53?. The Labute approximate surface area is 511 Å². The SMILES string of the molecule is Cc1cc(F)c(Nc2nc(-c3ccc4c(c3)N([C@H]3C[C@@H](N5CCCCC5)C3)C(=O)C43CCN(C(=O)CCOCCOCCOCCOCCNc4cccc5c4C(=O)N(C4CCC(=O)NC4=O)C5=O)CC3)cc3ncn(C(C)C)c23)cc1C(=O)NC(C)C. The summed E-state index contributed by atoms with van der Waals surface area (Å²) in [4.78, 5) is 110. The lowest BCUT2D eigenvalue weighted by Crippen LogP contribution is -2.58. The van der Waals surface area contributed by atoms with Gasteiger partial charge in [0.25, 0.3) is 17.7 Å². The van der Waals surface area contributed by atoms with Crippen LogP contribution in [0.1, 0.15) is 140 Å². The van der Waals surface area contributed by atoms with Crippen molar-refractivity contribution >= 4 is 75.3 Å². The van der Waals surface area contributed by atoms with Crippen LogP contribution in [0.15, 0.2) is 60.9 Å². The molecule has 7 amide bonds. The highest BCUT2D eigenvalue weighted by Crippen LogP contribution is 2.52. The van der Waals surface area contributed by atoms with Gasteiger partial charge in [0.2, 0.25) is 23.6 Å². The van der Waals surface area contributed by atoms with Crippen molar-refractivity contribution in [2.75, 3.05) is 101 Å². The molecule has 1 aliphatic carbocycles. The molecule has 88 heavy (non-hydrogen) atoms. The summed E-state index contributed by atoms with van der Waals surface area (Å²) in [7, 11) is 0. The smallest absolute Gasteiger partial charge is 0.264 e. The first-order valence-electron chi connectivity index (χ1n) is 31.2. The van der Waals surface area contributed by atoms with E-state index >= 15 is 9.18 Å². The number of benzene rings is 3. The molecule has 11 rings (SSSR count). The number of ether oxygens (including phenoxy) is 4. The summed E-state index contributed by atoms with van der Waals surface area (Å²) in [6, 6.07) is 15.2. The lowest BCUT2D eigenvalue weighted by Gasteiger charge is -2.48. The van der Waals surface area contributed by atoms with Crippen LogP contribution in [-0.2, 0) is 43.5 Å². The van der Waals surface area contributed by atoms with Crippen molar-refractivity contribution in [2.24, 2.45) is 0 Å². The van der Waals surface area contributed by atoms with E-state index in [-0.39, 0.29) is 78.5 Å². The van der Waals surface area contributed by atoms with Crippen LogP contribution >= 0.6 is 0 Å². The molecule has 22 nitrogen and oxygen atoms in total. The van der Waals surface area contributed by atoms with E-state index in [2.05, 4.69) is 43.2 Å². The van der Waals surface area contributed by atoms with Gasteiger partial charge in [0.15, 0.2) is 5.82 Å². The molecule has 1 spiro atoms. The molecule has 0 bridgehead atoms. The van der Waals surface area contributed by atoms with Gasteiger partial charge in [-0.15, -0.1) is 0 Å². The van der Waals surface area contributed by atoms with Gasteiger partial charge in [-0.25, -0.2) is 14.4 Å². The van der Waals surface area contributed by atoms with E-state index in [4.69, 9.17) is 28.9 Å². The molecule has 5 aromatic rings. The first-order valence-corrected chi connectivity index (χ1v) is 31.2. The molecule has 468 valence electrons. The van der Waals surface area contributed by atoms with Gasteiger partial charge in [0, 0.05) is 72.7 Å². The third-order valence-corrected chi connectivity index (χ3v) is 18.0. The van der Waals surface area contributed by atoms with E-state index in [9.17, 15) is 28.8 Å². The number of imidazole rings is 1. The molecule has 4 N–H and O–H groups in total. The topological polar surface area (TPSA) is 248 Å². The number of rotatable bonds is 25. The summed E-state index contributed by atoms with van der Waals surface area (Å²) in [5.41, 5.74) is 5.57. The molecule has 4 fully saturated rings. The fourth-order valence-electron chi connectivity index (χ4n) is 13.3. The summed E-state index contributed by atoms with van der Waals surface area (Å²) in [5.74, 6) is -2.62. The highest BCUT2D eigenvalue weighted by atomic mass is 19.1. The van der Waals surface area contributed by atoms with Crippen LogP contribution in [0.2, 0.25) is 0 Å². The van der Waals surface area contributed by atoms with Crippen molar-refractivity contribution in [3.8, 4) is 11.3 Å². The minimum absolute atomic E-state index is 0.00711. The van der Waals surface area contributed by atoms with Gasteiger partial charge < -0.3 is 54.2 Å². The predicted octanol–water partition coefficient (Wildman–Crippen LogP) is 7.20. The lowest BCUT2D eigenvalue weighted by atomic mass is 9.73. The Morgan fingerprint density at radius 2 is 1.49 bits per heavy atom. The van der Waals surface area contributed by atoms with E-state index in [1.807, 2.05) is 49.3 Å². The number of hydrogen-bond donors (Lipinski definition) is 4. The Bertz CT molecular complexity index is 3480. The zero-order valence-corrected chi connectivity index (χ0v) is 50.9. The quantitative estimate of drug-likeness (QED) is 0.0333. The van der Waals surface area contributed by atoms with E-state index in [1.54, 1.807) is 31.5 Å². The summed E-state index contributed by atoms with van der Waals surface area (Å²) in [5, 5.41) is 11.5. The number of piperidine rings is 3. The number of pyridine rings is 1. The second-order valence-corrected chi connectivity index (χ2v) is 24.4. The fourth-order valence-corrected chi connectivity index (χ4v) is 13.3. The lowest BCUT2D eigenvalue weighted by molar-refractivity contribution is -0.137. The summed E-state index contributed by atoms with van der Waals surface area (Å²) >= 11 is 0. The normalized spacial score (nSPS) is 20.1. The van der Waals surface area contributed by atoms with E-state index in [0.29, 0.717) is 124 Å². The first-order chi connectivity index (χ1) is 42.5. The highest BCUT2D eigenvalue weighted by molar-refractivity contribution is 6.25. The monoisotopic (exact) mass is 1210 g/mol. The van der Waals surface area contributed by atoms with Gasteiger partial charge in [0.1, 0.15) is 17.4 Å². The summed E-state index contributed by atoms with van der Waals surface area (Å²) in [6.45, 7) is 15.4. The Hall–Kier alpha value is -7.70. The zero-order chi connectivity index (χ0) is 61.8. The first kappa shape index (κ1) is 61.9. The maximum Gasteiger partial charge on any atom is 0.264 e. The Balaban J connectivity index is 0.651. The largest absolute Gasteiger partial charge is 0.382 e. The maximum atomic E-state index is 15.9. The number of imide groups is 2. The van der Waals surface area contributed by atoms with Gasteiger partial charge in [-0.05, 0) is 140 Å². The third-order valence-electron chi connectivity index (χ3n) is 18.0. The number of nitrogens with one attached hydrogen (secondary N) is 4. The van der Waals surface area contributed by atoms with Gasteiger partial charge in [-0.1, -0.05) is 24.6 Å². The Morgan fingerprint density at radius 3 is 2.18 bits per heavy atom. The van der Waals surface area contributed by atoms with Crippen molar-refractivity contribution in [2.45, 2.75) is 134 Å². The molecule has 7 heterocycles. The van der Waals surface area contributed by atoms with Crippen LogP contribution in [0.25, 0.3) is 22.3 Å². The number of likely N-dealkylation sites (tertiary alicyclic amines) is 2. The molecule has 1 atom stereocenters. The number of carbonyl (C=O) groups excluding carboxylic acids is 7. The summed E-state index contributed by atoms with van der Waals surface area (Å²) in [6.07, 6.45) is 8.50. The number of hydrogen-bond acceptors (Lipinski definition) is 16. The molecule has 3 aromatic carbocycles. The maximum absolute atomic E-state index is 15.9. The third kappa shape index (κ3) is 12.8. The van der Waals surface area contributed by atoms with Crippen LogP contribution in [0, 0.1) is 12.7 Å². The molecule has 0 radical (unpaired) electrons. The number of anilines is 4. The predicted molar refractivity (Wildman–Crippen MR) is 327 cm³/mol. The van der Waals surface area contributed by atoms with E-state index in [0.717, 1.165) is 47.6 Å². The van der Waals surface area contributed by atoms with Gasteiger partial charge >= 0.3 is 0 Å². The van der Waals surface area contributed by atoms with Crippen molar-refractivity contribution in [3.63, 3.8) is 0 Å². The highest BCUT2D eigenvalue weighted by Gasteiger charge is 2.56. The molecule has 3 saturated heterocycles. The fraction of sp³-hybridized carbons (Fsp3) is 0.523. The molecular weight excluding hydrogens is 1130 g/mol. The number of fused-ring (bicyclic) bond motifs is 4. The molecule has 1 saturated carbocycles. The van der Waals surface area contributed by atoms with Crippen molar-refractivity contribution in [1.29, 1.82) is 0 Å². The molecule has 2 aromatic heterocycles. The van der Waals surface area contributed by atoms with Gasteiger partial charge in [0.05, 0.1) is 99.0 Å². The molecule has 6 aliphatic rings. The van der Waals surface area contributed by atoms with Gasteiger partial charge in [-0.3, -0.25) is 43.8 Å². The number of aryl methyl sites for hydroxylation is 1. The van der Waals surface area contributed by atoms with Crippen molar-refractivity contribution in [3.05, 3.63) is 94.6 Å². The van der Waals surface area contributed by atoms with Crippen molar-refractivity contribution in [1.82, 2.24) is 39.9 Å². The van der Waals surface area contributed by atoms with Crippen molar-refractivity contribution < 1.29 is 56.9 Å². The second kappa shape index (κ2) is 27.0. The molecular formula is C65H80FN11O11. The number of carbonyl (C=O) groups is 7. The molecule has 5 aliphatic heterocycles. The number of nitrogens with zero attached hydrogens (tertiary/aromatic N) is 7. The Kier molecular flexibility index (Phi) is 19.0. The number of amides is 7. The second-order valence-electron chi connectivity index (χ2n) is 24.4. The van der Waals surface area contributed by atoms with Crippen LogP contribution in [0.3, 0.4) is 0 Å². The van der Waals surface area contributed by atoms with Crippen LogP contribution < -0.4 is 26.2 Å². The van der Waals surface area contributed by atoms with Crippen LogP contribution in [0.5, 0.6) is 0 Å². The van der Waals surface area contributed by atoms with Gasteiger partial charge in [-0.2, -0.15) is 0 Å². The average Bonchev–Trinajstić information content (AvgIpc) is 1.58. The minimum atomic E-state index is -1.04. The van der Waals surface area contributed by atoms with Crippen LogP contribution in [-0.4, -0.2) is 180 Å². The summed E-state index contributed by atoms with van der Waals surface area (Å²) < 4.78 is 40.7. The average molecular weight is 1210 g/mol. The van der Waals surface area contributed by atoms with E-state index in [1.165, 1.54) is 31.4 Å². The number of halogens is 1. The molecule has 23 heteroatoms. The molecule has 1 unspecified atom stereocenters. The van der Waals surface area contributed by atoms with E-state index < -0.39 is 40.9 Å².